The van der Waals surface area contributed by atoms with Crippen molar-refractivity contribution in [2.24, 2.45) is 5.92 Å². The lowest BCUT2D eigenvalue weighted by molar-refractivity contribution is 0.137. The highest BCUT2D eigenvalue weighted by atomic mass is 16.3. The van der Waals surface area contributed by atoms with E-state index in [-0.39, 0.29) is 12.0 Å². The third kappa shape index (κ3) is 3.30. The third-order valence-electron chi connectivity index (χ3n) is 2.02. The van der Waals surface area contributed by atoms with Gasteiger partial charge < -0.3 is 10.4 Å². The first-order chi connectivity index (χ1) is 6.59. The van der Waals surface area contributed by atoms with Crippen molar-refractivity contribution in [3.63, 3.8) is 0 Å². The van der Waals surface area contributed by atoms with Gasteiger partial charge in [-0.15, -0.1) is 0 Å². The quantitative estimate of drug-likeness (QED) is 0.758. The molecule has 0 saturated heterocycles. The van der Waals surface area contributed by atoms with Gasteiger partial charge in [0, 0.05) is 18.9 Å². The minimum Gasteiger partial charge on any atom is -0.391 e. The minimum atomic E-state index is -0.361. The topological polar surface area (TPSA) is 58.0 Å². The second-order valence-electron chi connectivity index (χ2n) is 3.78. The lowest BCUT2D eigenvalue weighted by Gasteiger charge is -2.14. The van der Waals surface area contributed by atoms with Gasteiger partial charge >= 0.3 is 0 Å². The van der Waals surface area contributed by atoms with Crippen molar-refractivity contribution in [1.82, 2.24) is 9.97 Å². The Kier molecular flexibility index (Phi) is 3.83. The Morgan fingerprint density at radius 1 is 1.36 bits per heavy atom. The molecule has 1 aromatic rings. The minimum absolute atomic E-state index is 0.243. The smallest absolute Gasteiger partial charge is 0.222 e. The van der Waals surface area contributed by atoms with Gasteiger partial charge in [0.2, 0.25) is 5.95 Å². The third-order valence-corrected chi connectivity index (χ3v) is 2.02. The first kappa shape index (κ1) is 10.9. The summed E-state index contributed by atoms with van der Waals surface area (Å²) in [5.74, 6) is 0.809. The van der Waals surface area contributed by atoms with Gasteiger partial charge in [0.1, 0.15) is 0 Å². The van der Waals surface area contributed by atoms with Gasteiger partial charge in [-0.05, 0) is 18.4 Å². The SMILES string of the molecule is Cc1cnc(NCC(O)C(C)C)nc1. The molecule has 78 valence electrons. The Hall–Kier alpha value is -1.16. The molecule has 0 aliphatic rings. The van der Waals surface area contributed by atoms with Crippen LogP contribution >= 0.6 is 0 Å². The number of hydrogen-bond acceptors (Lipinski definition) is 4. The number of anilines is 1. The first-order valence-corrected chi connectivity index (χ1v) is 4.80. The molecule has 1 aromatic heterocycles. The monoisotopic (exact) mass is 195 g/mol. The Labute approximate surface area is 84.4 Å². The van der Waals surface area contributed by atoms with Gasteiger partial charge in [-0.2, -0.15) is 0 Å². The summed E-state index contributed by atoms with van der Waals surface area (Å²) in [4.78, 5) is 8.15. The molecule has 4 heteroatoms. The average molecular weight is 195 g/mol. The van der Waals surface area contributed by atoms with Crippen LogP contribution in [0.2, 0.25) is 0 Å². The van der Waals surface area contributed by atoms with E-state index in [9.17, 15) is 5.11 Å². The van der Waals surface area contributed by atoms with Crippen LogP contribution in [0, 0.1) is 12.8 Å². The lowest BCUT2D eigenvalue weighted by Crippen LogP contribution is -2.25. The molecule has 0 bridgehead atoms. The number of aryl methyl sites for hydroxylation is 1. The normalized spacial score (nSPS) is 12.9. The van der Waals surface area contributed by atoms with Gasteiger partial charge in [-0.25, -0.2) is 9.97 Å². The zero-order valence-electron chi connectivity index (χ0n) is 8.86. The van der Waals surface area contributed by atoms with Crippen molar-refractivity contribution in [2.45, 2.75) is 26.9 Å². The maximum absolute atomic E-state index is 9.52. The van der Waals surface area contributed by atoms with Crippen molar-refractivity contribution in [1.29, 1.82) is 0 Å². The van der Waals surface area contributed by atoms with E-state index in [1.54, 1.807) is 12.4 Å². The van der Waals surface area contributed by atoms with Gasteiger partial charge in [0.05, 0.1) is 6.10 Å². The molecule has 0 saturated carbocycles. The second kappa shape index (κ2) is 4.91. The number of nitrogens with zero attached hydrogens (tertiary/aromatic N) is 2. The molecular formula is C10H17N3O. The molecule has 1 heterocycles. The molecule has 0 fully saturated rings. The molecule has 4 nitrogen and oxygen atoms in total. The highest BCUT2D eigenvalue weighted by Gasteiger charge is 2.08. The molecule has 1 unspecified atom stereocenters. The second-order valence-corrected chi connectivity index (χ2v) is 3.78. The summed E-state index contributed by atoms with van der Waals surface area (Å²) in [6, 6.07) is 0. The van der Waals surface area contributed by atoms with E-state index in [4.69, 9.17) is 0 Å². The maximum Gasteiger partial charge on any atom is 0.222 e. The fourth-order valence-electron chi connectivity index (χ4n) is 0.915. The molecule has 1 rings (SSSR count). The predicted octanol–water partition coefficient (Wildman–Crippen LogP) is 1.21. The molecule has 14 heavy (non-hydrogen) atoms. The number of rotatable bonds is 4. The Balaban J connectivity index is 2.42. The highest BCUT2D eigenvalue weighted by Crippen LogP contribution is 2.03. The Bertz CT molecular complexity index is 271. The van der Waals surface area contributed by atoms with Gasteiger partial charge in [0.25, 0.3) is 0 Å². The van der Waals surface area contributed by atoms with Crippen molar-refractivity contribution in [3.8, 4) is 0 Å². The van der Waals surface area contributed by atoms with Crippen LogP contribution in [0.1, 0.15) is 19.4 Å². The average Bonchev–Trinajstić information content (AvgIpc) is 2.16. The van der Waals surface area contributed by atoms with Crippen molar-refractivity contribution in [3.05, 3.63) is 18.0 Å². The summed E-state index contributed by atoms with van der Waals surface area (Å²) < 4.78 is 0. The van der Waals surface area contributed by atoms with Gasteiger partial charge in [0.15, 0.2) is 0 Å². The van der Waals surface area contributed by atoms with E-state index in [1.165, 1.54) is 0 Å². The van der Waals surface area contributed by atoms with Crippen molar-refractivity contribution >= 4 is 5.95 Å². The molecule has 1 atom stereocenters. The summed E-state index contributed by atoms with van der Waals surface area (Å²) in [6.07, 6.45) is 3.13. The van der Waals surface area contributed by atoms with Crippen LogP contribution in [0.5, 0.6) is 0 Å². The zero-order valence-corrected chi connectivity index (χ0v) is 8.86. The molecule has 0 aliphatic carbocycles. The van der Waals surface area contributed by atoms with E-state index in [2.05, 4.69) is 15.3 Å². The standard InChI is InChI=1S/C10H17N3O/c1-7(2)9(14)6-13-10-11-4-8(3)5-12-10/h4-5,7,9,14H,6H2,1-3H3,(H,11,12,13). The van der Waals surface area contributed by atoms with Crippen LogP contribution in [0.15, 0.2) is 12.4 Å². The summed E-state index contributed by atoms with van der Waals surface area (Å²) in [7, 11) is 0. The van der Waals surface area contributed by atoms with E-state index >= 15 is 0 Å². The number of hydrogen-bond donors (Lipinski definition) is 2. The van der Waals surface area contributed by atoms with Crippen LogP contribution in [-0.4, -0.2) is 27.7 Å². The number of aromatic nitrogens is 2. The fraction of sp³-hybridized carbons (Fsp3) is 0.600. The van der Waals surface area contributed by atoms with Crippen LogP contribution in [0.25, 0.3) is 0 Å². The zero-order chi connectivity index (χ0) is 10.6. The van der Waals surface area contributed by atoms with E-state index < -0.39 is 0 Å². The Morgan fingerprint density at radius 2 is 1.93 bits per heavy atom. The summed E-state index contributed by atoms with van der Waals surface area (Å²) in [5.41, 5.74) is 1.03. The van der Waals surface area contributed by atoms with Crippen LogP contribution in [0.4, 0.5) is 5.95 Å². The molecule has 0 spiro atoms. The van der Waals surface area contributed by atoms with Crippen LogP contribution < -0.4 is 5.32 Å². The maximum atomic E-state index is 9.52. The number of nitrogens with one attached hydrogen (secondary N) is 1. The van der Waals surface area contributed by atoms with Crippen molar-refractivity contribution < 1.29 is 5.11 Å². The predicted molar refractivity (Wildman–Crippen MR) is 56.1 cm³/mol. The largest absolute Gasteiger partial charge is 0.391 e. The lowest BCUT2D eigenvalue weighted by atomic mass is 10.1. The number of aliphatic hydroxyl groups excluding tert-OH is 1. The van der Waals surface area contributed by atoms with Crippen molar-refractivity contribution in [2.75, 3.05) is 11.9 Å². The molecule has 0 aromatic carbocycles. The summed E-state index contributed by atoms with van der Waals surface area (Å²) >= 11 is 0. The first-order valence-electron chi connectivity index (χ1n) is 4.80. The van der Waals surface area contributed by atoms with E-state index in [0.29, 0.717) is 12.5 Å². The highest BCUT2D eigenvalue weighted by molar-refractivity contribution is 5.24. The van der Waals surface area contributed by atoms with Crippen LogP contribution in [-0.2, 0) is 0 Å². The molecular weight excluding hydrogens is 178 g/mol. The summed E-state index contributed by atoms with van der Waals surface area (Å²) in [6.45, 7) is 6.37. The van der Waals surface area contributed by atoms with Gasteiger partial charge in [-0.1, -0.05) is 13.8 Å². The Morgan fingerprint density at radius 3 is 2.43 bits per heavy atom. The number of aliphatic hydroxyl groups is 1. The molecule has 0 amide bonds. The fourth-order valence-corrected chi connectivity index (χ4v) is 0.915. The van der Waals surface area contributed by atoms with E-state index in [1.807, 2.05) is 20.8 Å². The molecule has 2 N–H and O–H groups in total. The van der Waals surface area contributed by atoms with Gasteiger partial charge in [-0.3, -0.25) is 0 Å². The van der Waals surface area contributed by atoms with E-state index in [0.717, 1.165) is 5.56 Å². The summed E-state index contributed by atoms with van der Waals surface area (Å²) in [5, 5.41) is 12.5. The molecule has 0 radical (unpaired) electrons. The van der Waals surface area contributed by atoms with Crippen LogP contribution in [0.3, 0.4) is 0 Å². The molecule has 0 aliphatic heterocycles.